The lowest BCUT2D eigenvalue weighted by atomic mass is 9.79. The Morgan fingerprint density at radius 3 is 2.30 bits per heavy atom. The number of piperazine rings is 1. The molecule has 0 aromatic heterocycles. The van der Waals surface area contributed by atoms with Gasteiger partial charge in [-0.25, -0.2) is 0 Å². The number of hydrogen-bond donors (Lipinski definition) is 1. The molecule has 4 nitrogen and oxygen atoms in total. The van der Waals surface area contributed by atoms with E-state index in [0.717, 1.165) is 50.0 Å². The summed E-state index contributed by atoms with van der Waals surface area (Å²) >= 11 is 0. The van der Waals surface area contributed by atoms with Gasteiger partial charge in [-0.05, 0) is 43.9 Å². The molecule has 1 heterocycles. The molecule has 23 heavy (non-hydrogen) atoms. The van der Waals surface area contributed by atoms with Gasteiger partial charge in [-0.15, -0.1) is 0 Å². The Balaban J connectivity index is 1.73. The van der Waals surface area contributed by atoms with E-state index in [1.807, 2.05) is 7.05 Å². The number of halogens is 1. The third kappa shape index (κ3) is 5.33. The third-order valence-corrected chi connectivity index (χ3v) is 5.62. The van der Waals surface area contributed by atoms with Gasteiger partial charge in [0, 0.05) is 45.8 Å². The van der Waals surface area contributed by atoms with E-state index in [1.54, 1.807) is 0 Å². The van der Waals surface area contributed by atoms with Crippen molar-refractivity contribution in [1.29, 1.82) is 0 Å². The van der Waals surface area contributed by atoms with E-state index < -0.39 is 0 Å². The fourth-order valence-corrected chi connectivity index (χ4v) is 4.03. The number of hydrogen-bond acceptors (Lipinski definition) is 2. The monoisotopic (exact) mass is 326 g/mol. The standard InChI is InChI=1S/C18H35FN4/c1-15(2)16-5-7-17(8-6-16)22-11-13-23(14-12-22)18(20-3)21-10-4-9-19/h15-17H,4-14H2,1-3H3,(H,20,21). The molecule has 1 saturated heterocycles. The van der Waals surface area contributed by atoms with Crippen LogP contribution in [-0.2, 0) is 0 Å². The van der Waals surface area contributed by atoms with E-state index in [-0.39, 0.29) is 6.67 Å². The summed E-state index contributed by atoms with van der Waals surface area (Å²) in [7, 11) is 1.82. The largest absolute Gasteiger partial charge is 0.356 e. The summed E-state index contributed by atoms with van der Waals surface area (Å²) < 4.78 is 12.2. The van der Waals surface area contributed by atoms with Gasteiger partial charge < -0.3 is 10.2 Å². The minimum Gasteiger partial charge on any atom is -0.356 e. The first-order valence-electron chi connectivity index (χ1n) is 9.41. The van der Waals surface area contributed by atoms with Crippen LogP contribution in [0.3, 0.4) is 0 Å². The Labute approximate surface area is 141 Å². The number of nitrogens with zero attached hydrogens (tertiary/aromatic N) is 3. The van der Waals surface area contributed by atoms with Gasteiger partial charge in [-0.2, -0.15) is 0 Å². The average molecular weight is 327 g/mol. The number of aliphatic imine (C=N–C) groups is 1. The summed E-state index contributed by atoms with van der Waals surface area (Å²) in [6.07, 6.45) is 6.08. The van der Waals surface area contributed by atoms with Gasteiger partial charge in [0.05, 0.1) is 6.67 Å². The molecule has 0 atom stereocenters. The molecule has 0 radical (unpaired) electrons. The molecule has 0 bridgehead atoms. The van der Waals surface area contributed by atoms with Crippen molar-refractivity contribution < 1.29 is 4.39 Å². The van der Waals surface area contributed by atoms with Crippen LogP contribution in [0.2, 0.25) is 0 Å². The van der Waals surface area contributed by atoms with Crippen LogP contribution in [0.15, 0.2) is 4.99 Å². The molecule has 1 saturated carbocycles. The topological polar surface area (TPSA) is 30.9 Å². The van der Waals surface area contributed by atoms with E-state index >= 15 is 0 Å². The van der Waals surface area contributed by atoms with Crippen LogP contribution in [0, 0.1) is 11.8 Å². The maximum atomic E-state index is 12.2. The van der Waals surface area contributed by atoms with Gasteiger partial charge in [0.2, 0.25) is 0 Å². The Kier molecular flexibility index (Phi) is 7.60. The van der Waals surface area contributed by atoms with Crippen molar-refractivity contribution in [2.75, 3.05) is 46.4 Å². The number of nitrogens with one attached hydrogen (secondary N) is 1. The molecule has 1 aliphatic carbocycles. The summed E-state index contributed by atoms with van der Waals surface area (Å²) in [4.78, 5) is 9.34. The van der Waals surface area contributed by atoms with Gasteiger partial charge >= 0.3 is 0 Å². The SMILES string of the molecule is CN=C(NCCCF)N1CCN(C2CCC(C(C)C)CC2)CC1. The van der Waals surface area contributed by atoms with Gasteiger partial charge in [-0.3, -0.25) is 14.3 Å². The molecule has 134 valence electrons. The molecule has 0 aromatic rings. The van der Waals surface area contributed by atoms with Crippen LogP contribution in [0.5, 0.6) is 0 Å². The summed E-state index contributed by atoms with van der Waals surface area (Å²) in [6, 6.07) is 0.786. The van der Waals surface area contributed by atoms with E-state index in [0.29, 0.717) is 13.0 Å². The van der Waals surface area contributed by atoms with Crippen molar-refractivity contribution in [3.8, 4) is 0 Å². The van der Waals surface area contributed by atoms with Crippen molar-refractivity contribution in [1.82, 2.24) is 15.1 Å². The highest BCUT2D eigenvalue weighted by molar-refractivity contribution is 5.79. The summed E-state index contributed by atoms with van der Waals surface area (Å²) in [5.74, 6) is 2.71. The maximum Gasteiger partial charge on any atom is 0.193 e. The van der Waals surface area contributed by atoms with Crippen LogP contribution in [0.25, 0.3) is 0 Å². The summed E-state index contributed by atoms with van der Waals surface area (Å²) in [5, 5.41) is 3.27. The second kappa shape index (κ2) is 9.45. The lowest BCUT2D eigenvalue weighted by Crippen LogP contribution is -2.55. The highest BCUT2D eigenvalue weighted by atomic mass is 19.1. The molecule has 1 aliphatic heterocycles. The highest BCUT2D eigenvalue weighted by Gasteiger charge is 2.29. The minimum absolute atomic E-state index is 0.267. The van der Waals surface area contributed by atoms with E-state index in [1.165, 1.54) is 25.7 Å². The number of guanidine groups is 1. The van der Waals surface area contributed by atoms with E-state index in [4.69, 9.17) is 0 Å². The molecule has 0 aromatic carbocycles. The second-order valence-electron chi connectivity index (χ2n) is 7.35. The fourth-order valence-electron chi connectivity index (χ4n) is 4.03. The second-order valence-corrected chi connectivity index (χ2v) is 7.35. The Hall–Kier alpha value is -0.840. The molecular weight excluding hydrogens is 291 g/mol. The molecule has 5 heteroatoms. The minimum atomic E-state index is -0.267. The molecular formula is C18H35FN4. The van der Waals surface area contributed by atoms with Crippen LogP contribution in [0.4, 0.5) is 4.39 Å². The van der Waals surface area contributed by atoms with Gasteiger partial charge in [0.25, 0.3) is 0 Å². The Morgan fingerprint density at radius 1 is 1.13 bits per heavy atom. The Bertz CT molecular complexity index is 356. The normalized spacial score (nSPS) is 27.5. The molecule has 0 unspecified atom stereocenters. The zero-order valence-corrected chi connectivity index (χ0v) is 15.2. The lowest BCUT2D eigenvalue weighted by molar-refractivity contribution is 0.0864. The lowest BCUT2D eigenvalue weighted by Gasteiger charge is -2.43. The smallest absolute Gasteiger partial charge is 0.193 e. The van der Waals surface area contributed by atoms with Crippen LogP contribution in [0.1, 0.15) is 46.0 Å². The number of alkyl halides is 1. The van der Waals surface area contributed by atoms with Crippen molar-refractivity contribution >= 4 is 5.96 Å². The van der Waals surface area contributed by atoms with Gasteiger partial charge in [-0.1, -0.05) is 13.8 Å². The van der Waals surface area contributed by atoms with Crippen LogP contribution in [-0.4, -0.2) is 68.2 Å². The first-order valence-corrected chi connectivity index (χ1v) is 9.41. The molecule has 0 spiro atoms. The zero-order valence-electron chi connectivity index (χ0n) is 15.2. The van der Waals surface area contributed by atoms with Crippen molar-refractivity contribution in [3.63, 3.8) is 0 Å². The zero-order chi connectivity index (χ0) is 16.7. The molecule has 2 fully saturated rings. The van der Waals surface area contributed by atoms with E-state index in [9.17, 15) is 4.39 Å². The Morgan fingerprint density at radius 2 is 1.78 bits per heavy atom. The average Bonchev–Trinajstić information content (AvgIpc) is 2.59. The summed E-state index contributed by atoms with van der Waals surface area (Å²) in [5.41, 5.74) is 0. The van der Waals surface area contributed by atoms with Crippen molar-refractivity contribution in [2.24, 2.45) is 16.8 Å². The van der Waals surface area contributed by atoms with Crippen LogP contribution < -0.4 is 5.32 Å². The third-order valence-electron chi connectivity index (χ3n) is 5.62. The van der Waals surface area contributed by atoms with Crippen molar-refractivity contribution in [2.45, 2.75) is 52.0 Å². The highest BCUT2D eigenvalue weighted by Crippen LogP contribution is 2.32. The quantitative estimate of drug-likeness (QED) is 0.479. The fraction of sp³-hybridized carbons (Fsp3) is 0.944. The van der Waals surface area contributed by atoms with E-state index in [2.05, 4.69) is 34.0 Å². The summed E-state index contributed by atoms with van der Waals surface area (Å²) in [6.45, 7) is 9.44. The molecule has 2 rings (SSSR count). The number of rotatable bonds is 5. The van der Waals surface area contributed by atoms with Gasteiger partial charge in [0.15, 0.2) is 5.96 Å². The van der Waals surface area contributed by atoms with Gasteiger partial charge in [0.1, 0.15) is 0 Å². The predicted molar refractivity (Wildman–Crippen MR) is 95.7 cm³/mol. The first-order chi connectivity index (χ1) is 11.2. The van der Waals surface area contributed by atoms with Crippen LogP contribution >= 0.6 is 0 Å². The first kappa shape index (κ1) is 18.5. The predicted octanol–water partition coefficient (Wildman–Crippen LogP) is 2.75. The molecule has 2 aliphatic rings. The molecule has 1 N–H and O–H groups in total. The maximum absolute atomic E-state index is 12.2. The van der Waals surface area contributed by atoms with Crippen molar-refractivity contribution in [3.05, 3.63) is 0 Å². The molecule has 0 amide bonds.